The minimum atomic E-state index is -4.49. The molecule has 1 aromatic heterocycles. The van der Waals surface area contributed by atoms with Crippen molar-refractivity contribution in [1.82, 2.24) is 4.57 Å². The van der Waals surface area contributed by atoms with Crippen LogP contribution in [-0.4, -0.2) is 11.0 Å². The fourth-order valence-corrected chi connectivity index (χ4v) is 1.79. The fraction of sp³-hybridized carbons (Fsp3) is 0.143. The number of pyridine rings is 1. The zero-order valence-electron chi connectivity index (χ0n) is 10.7. The summed E-state index contributed by atoms with van der Waals surface area (Å²) in [5.74, 6) is 0. The lowest BCUT2D eigenvalue weighted by Crippen LogP contribution is -2.21. The van der Waals surface area contributed by atoms with Gasteiger partial charge in [0.1, 0.15) is 0 Å². The van der Waals surface area contributed by atoms with Crippen molar-refractivity contribution in [3.05, 3.63) is 64.1 Å². The van der Waals surface area contributed by atoms with Gasteiger partial charge in [0.05, 0.1) is 12.1 Å². The standard InChI is InChI=1S/C14H11F3N2O2/c15-14(16,17)11-3-6-13(21)19(8-11)7-10-1-4-12(5-2-10)18-9-20/h1-6,8-9H,7H2,(H,18,20). The Morgan fingerprint density at radius 2 is 1.76 bits per heavy atom. The normalized spacial score (nSPS) is 11.2. The van der Waals surface area contributed by atoms with Crippen molar-refractivity contribution in [2.75, 3.05) is 5.32 Å². The predicted molar refractivity (Wildman–Crippen MR) is 70.9 cm³/mol. The van der Waals surface area contributed by atoms with Crippen LogP contribution in [0.1, 0.15) is 11.1 Å². The van der Waals surface area contributed by atoms with Crippen LogP contribution in [0.25, 0.3) is 0 Å². The number of amides is 1. The minimum absolute atomic E-state index is 0.0180. The Bertz CT molecular complexity index is 691. The lowest BCUT2D eigenvalue weighted by molar-refractivity contribution is -0.138. The molecule has 0 saturated carbocycles. The molecule has 0 atom stereocenters. The monoisotopic (exact) mass is 296 g/mol. The number of hydrogen-bond acceptors (Lipinski definition) is 2. The number of nitrogens with zero attached hydrogens (tertiary/aromatic N) is 1. The number of anilines is 1. The van der Waals surface area contributed by atoms with Gasteiger partial charge in [-0.2, -0.15) is 13.2 Å². The number of carbonyl (C=O) groups excluding carboxylic acids is 1. The summed E-state index contributed by atoms with van der Waals surface area (Å²) in [6, 6.07) is 8.10. The van der Waals surface area contributed by atoms with Crippen LogP contribution < -0.4 is 10.9 Å². The Morgan fingerprint density at radius 3 is 2.33 bits per heavy atom. The summed E-state index contributed by atoms with van der Waals surface area (Å²) in [4.78, 5) is 21.9. The number of alkyl halides is 3. The minimum Gasteiger partial charge on any atom is -0.329 e. The SMILES string of the molecule is O=CNc1ccc(Cn2cc(C(F)(F)F)ccc2=O)cc1. The van der Waals surface area contributed by atoms with E-state index in [0.717, 1.165) is 22.9 Å². The lowest BCUT2D eigenvalue weighted by Gasteiger charge is -2.11. The van der Waals surface area contributed by atoms with Crippen LogP contribution in [-0.2, 0) is 17.5 Å². The summed E-state index contributed by atoms with van der Waals surface area (Å²) in [5.41, 5.74) is -0.183. The zero-order chi connectivity index (χ0) is 15.5. The first-order valence-corrected chi connectivity index (χ1v) is 5.97. The summed E-state index contributed by atoms with van der Waals surface area (Å²) in [6.45, 7) is 0.0180. The average Bonchev–Trinajstić information content (AvgIpc) is 2.42. The van der Waals surface area contributed by atoms with Crippen LogP contribution in [0.15, 0.2) is 47.4 Å². The van der Waals surface area contributed by atoms with Gasteiger partial charge in [-0.05, 0) is 23.8 Å². The molecule has 0 aliphatic rings. The van der Waals surface area contributed by atoms with Crippen molar-refractivity contribution in [3.63, 3.8) is 0 Å². The number of benzene rings is 1. The van der Waals surface area contributed by atoms with E-state index in [1.807, 2.05) is 0 Å². The molecular formula is C14H11F3N2O2. The molecule has 1 aromatic carbocycles. The van der Waals surface area contributed by atoms with Gasteiger partial charge in [-0.3, -0.25) is 9.59 Å². The highest BCUT2D eigenvalue weighted by Gasteiger charge is 2.30. The van der Waals surface area contributed by atoms with Crippen LogP contribution in [0.4, 0.5) is 18.9 Å². The van der Waals surface area contributed by atoms with E-state index in [0.29, 0.717) is 17.7 Å². The van der Waals surface area contributed by atoms with Crippen molar-refractivity contribution >= 4 is 12.1 Å². The van der Waals surface area contributed by atoms with Gasteiger partial charge in [-0.15, -0.1) is 0 Å². The first kappa shape index (κ1) is 14.8. The number of nitrogens with one attached hydrogen (secondary N) is 1. The van der Waals surface area contributed by atoms with Gasteiger partial charge in [-0.1, -0.05) is 12.1 Å². The van der Waals surface area contributed by atoms with Crippen LogP contribution in [0.5, 0.6) is 0 Å². The van der Waals surface area contributed by atoms with Crippen molar-refractivity contribution in [3.8, 4) is 0 Å². The van der Waals surface area contributed by atoms with E-state index in [1.165, 1.54) is 0 Å². The first-order valence-electron chi connectivity index (χ1n) is 5.97. The largest absolute Gasteiger partial charge is 0.417 e. The molecule has 4 nitrogen and oxygen atoms in total. The molecule has 21 heavy (non-hydrogen) atoms. The second-order valence-electron chi connectivity index (χ2n) is 4.34. The molecular weight excluding hydrogens is 285 g/mol. The van der Waals surface area contributed by atoms with E-state index in [9.17, 15) is 22.8 Å². The van der Waals surface area contributed by atoms with Gasteiger partial charge in [0.2, 0.25) is 6.41 Å². The predicted octanol–water partition coefficient (Wildman–Crippen LogP) is 2.48. The summed E-state index contributed by atoms with van der Waals surface area (Å²) < 4.78 is 38.8. The summed E-state index contributed by atoms with van der Waals surface area (Å²) in [6.07, 6.45) is -3.18. The smallest absolute Gasteiger partial charge is 0.329 e. The van der Waals surface area contributed by atoms with Gasteiger partial charge in [0.15, 0.2) is 0 Å². The number of hydrogen-bond donors (Lipinski definition) is 1. The fourth-order valence-electron chi connectivity index (χ4n) is 1.79. The summed E-state index contributed by atoms with van der Waals surface area (Å²) in [7, 11) is 0. The maximum Gasteiger partial charge on any atom is 0.417 e. The molecule has 0 radical (unpaired) electrons. The number of rotatable bonds is 4. The molecule has 0 saturated heterocycles. The van der Waals surface area contributed by atoms with Gasteiger partial charge in [0, 0.05) is 18.0 Å². The molecule has 0 bridgehead atoms. The number of carbonyl (C=O) groups is 1. The molecule has 1 amide bonds. The molecule has 1 N–H and O–H groups in total. The number of aromatic nitrogens is 1. The maximum absolute atomic E-state index is 12.6. The van der Waals surface area contributed by atoms with E-state index in [1.54, 1.807) is 24.3 Å². The molecule has 7 heteroatoms. The topological polar surface area (TPSA) is 51.1 Å². The Balaban J connectivity index is 2.26. The van der Waals surface area contributed by atoms with E-state index in [4.69, 9.17) is 0 Å². The highest BCUT2D eigenvalue weighted by molar-refractivity contribution is 5.71. The molecule has 0 spiro atoms. The molecule has 0 aliphatic carbocycles. The van der Waals surface area contributed by atoms with Crippen molar-refractivity contribution < 1.29 is 18.0 Å². The van der Waals surface area contributed by atoms with Gasteiger partial charge in [-0.25, -0.2) is 0 Å². The molecule has 110 valence electrons. The van der Waals surface area contributed by atoms with Crippen LogP contribution in [0.2, 0.25) is 0 Å². The molecule has 2 aromatic rings. The molecule has 0 unspecified atom stereocenters. The lowest BCUT2D eigenvalue weighted by atomic mass is 10.2. The quantitative estimate of drug-likeness (QED) is 0.881. The zero-order valence-corrected chi connectivity index (χ0v) is 10.7. The van der Waals surface area contributed by atoms with E-state index in [-0.39, 0.29) is 6.54 Å². The second kappa shape index (κ2) is 5.82. The summed E-state index contributed by atoms with van der Waals surface area (Å²) >= 11 is 0. The van der Waals surface area contributed by atoms with Gasteiger partial charge >= 0.3 is 6.18 Å². The number of halogens is 3. The molecule has 0 aliphatic heterocycles. The van der Waals surface area contributed by atoms with E-state index < -0.39 is 17.3 Å². The molecule has 2 rings (SSSR count). The Morgan fingerprint density at radius 1 is 1.10 bits per heavy atom. The first-order chi connectivity index (χ1) is 9.90. The van der Waals surface area contributed by atoms with Crippen molar-refractivity contribution in [2.24, 2.45) is 0 Å². The summed E-state index contributed by atoms with van der Waals surface area (Å²) in [5, 5.41) is 2.44. The van der Waals surface area contributed by atoms with Gasteiger partial charge in [0.25, 0.3) is 5.56 Å². The third-order valence-corrected chi connectivity index (χ3v) is 2.84. The third kappa shape index (κ3) is 3.71. The van der Waals surface area contributed by atoms with Crippen molar-refractivity contribution in [2.45, 2.75) is 12.7 Å². The average molecular weight is 296 g/mol. The Labute approximate surface area is 117 Å². The highest BCUT2D eigenvalue weighted by Crippen LogP contribution is 2.28. The van der Waals surface area contributed by atoms with Crippen LogP contribution in [0, 0.1) is 0 Å². The third-order valence-electron chi connectivity index (χ3n) is 2.84. The second-order valence-corrected chi connectivity index (χ2v) is 4.34. The van der Waals surface area contributed by atoms with Crippen molar-refractivity contribution in [1.29, 1.82) is 0 Å². The maximum atomic E-state index is 12.6. The van der Waals surface area contributed by atoms with E-state index in [2.05, 4.69) is 5.32 Å². The molecule has 1 heterocycles. The Hall–Kier alpha value is -2.57. The molecule has 0 fully saturated rings. The Kier molecular flexibility index (Phi) is 4.11. The highest BCUT2D eigenvalue weighted by atomic mass is 19.4. The van der Waals surface area contributed by atoms with Crippen LogP contribution in [0.3, 0.4) is 0 Å². The van der Waals surface area contributed by atoms with Gasteiger partial charge < -0.3 is 9.88 Å². The van der Waals surface area contributed by atoms with E-state index >= 15 is 0 Å². The van der Waals surface area contributed by atoms with Crippen LogP contribution >= 0.6 is 0 Å².